The van der Waals surface area contributed by atoms with Crippen molar-refractivity contribution in [2.24, 2.45) is 5.73 Å². The number of hydrogen-bond acceptors (Lipinski definition) is 5. The Labute approximate surface area is 100 Å². The minimum atomic E-state index is -0.583. The second kappa shape index (κ2) is 4.81. The van der Waals surface area contributed by atoms with Crippen molar-refractivity contribution in [1.82, 2.24) is 0 Å². The van der Waals surface area contributed by atoms with Crippen LogP contribution in [0.15, 0.2) is 12.1 Å². The zero-order valence-corrected chi connectivity index (χ0v) is 9.97. The molecule has 0 unspecified atom stereocenters. The van der Waals surface area contributed by atoms with E-state index in [2.05, 4.69) is 0 Å². The van der Waals surface area contributed by atoms with Crippen molar-refractivity contribution in [2.45, 2.75) is 25.5 Å². The van der Waals surface area contributed by atoms with Crippen LogP contribution < -0.4 is 19.9 Å². The second-order valence-corrected chi connectivity index (χ2v) is 3.96. The molecule has 0 aromatic heterocycles. The van der Waals surface area contributed by atoms with Gasteiger partial charge in [-0.3, -0.25) is 0 Å². The van der Waals surface area contributed by atoms with Crippen LogP contribution in [0.4, 0.5) is 0 Å². The fourth-order valence-corrected chi connectivity index (χ4v) is 1.82. The average Bonchev–Trinajstić information content (AvgIpc) is 2.83. The molecule has 0 saturated carbocycles. The van der Waals surface area contributed by atoms with Crippen LogP contribution in [0.1, 0.15) is 24.9 Å². The number of aliphatic hydroxyl groups is 1. The van der Waals surface area contributed by atoms with Crippen LogP contribution in [0.2, 0.25) is 0 Å². The molecule has 3 N–H and O–H groups in total. The summed E-state index contributed by atoms with van der Waals surface area (Å²) in [6, 6.07) is 3.11. The van der Waals surface area contributed by atoms with Gasteiger partial charge in [0.2, 0.25) is 12.5 Å². The standard InChI is InChI=1S/C12H17NO4/c1-3-8(14)11(13)7-4-9(15-2)12-10(5-7)16-6-17-12/h4-5,8,11,14H,3,6,13H2,1-2H3/t8-,11+/m1/s1. The van der Waals surface area contributed by atoms with Crippen molar-refractivity contribution in [3.05, 3.63) is 17.7 Å². The topological polar surface area (TPSA) is 73.9 Å². The first-order chi connectivity index (χ1) is 8.17. The first-order valence-electron chi connectivity index (χ1n) is 5.58. The van der Waals surface area contributed by atoms with E-state index >= 15 is 0 Å². The van der Waals surface area contributed by atoms with E-state index in [9.17, 15) is 5.11 Å². The molecular weight excluding hydrogens is 222 g/mol. The number of rotatable bonds is 4. The Morgan fingerprint density at radius 1 is 1.47 bits per heavy atom. The van der Waals surface area contributed by atoms with Gasteiger partial charge in [0.25, 0.3) is 0 Å². The van der Waals surface area contributed by atoms with E-state index in [0.29, 0.717) is 23.7 Å². The van der Waals surface area contributed by atoms with Crippen LogP contribution in [0.25, 0.3) is 0 Å². The van der Waals surface area contributed by atoms with Crippen molar-refractivity contribution in [1.29, 1.82) is 0 Å². The van der Waals surface area contributed by atoms with Crippen LogP contribution in [0.5, 0.6) is 17.2 Å². The van der Waals surface area contributed by atoms with Gasteiger partial charge in [-0.05, 0) is 24.1 Å². The molecule has 1 aliphatic heterocycles. The highest BCUT2D eigenvalue weighted by molar-refractivity contribution is 5.55. The highest BCUT2D eigenvalue weighted by atomic mass is 16.7. The lowest BCUT2D eigenvalue weighted by atomic mass is 10.00. The van der Waals surface area contributed by atoms with Gasteiger partial charge in [0.15, 0.2) is 11.5 Å². The van der Waals surface area contributed by atoms with E-state index in [4.69, 9.17) is 19.9 Å². The van der Waals surface area contributed by atoms with E-state index in [1.54, 1.807) is 19.2 Å². The smallest absolute Gasteiger partial charge is 0.231 e. The maximum absolute atomic E-state index is 9.75. The van der Waals surface area contributed by atoms with Gasteiger partial charge in [-0.15, -0.1) is 0 Å². The Balaban J connectivity index is 2.36. The number of fused-ring (bicyclic) bond motifs is 1. The van der Waals surface area contributed by atoms with Crippen molar-refractivity contribution < 1.29 is 19.3 Å². The van der Waals surface area contributed by atoms with Crippen LogP contribution >= 0.6 is 0 Å². The number of methoxy groups -OCH3 is 1. The van der Waals surface area contributed by atoms with Gasteiger partial charge in [0, 0.05) is 0 Å². The Bertz CT molecular complexity index is 408. The zero-order chi connectivity index (χ0) is 12.4. The fourth-order valence-electron chi connectivity index (χ4n) is 1.82. The summed E-state index contributed by atoms with van der Waals surface area (Å²) in [5, 5.41) is 9.75. The molecule has 5 heteroatoms. The second-order valence-electron chi connectivity index (χ2n) is 3.96. The molecule has 1 heterocycles. The van der Waals surface area contributed by atoms with Crippen molar-refractivity contribution in [3.8, 4) is 17.2 Å². The van der Waals surface area contributed by atoms with Gasteiger partial charge in [0.1, 0.15) is 0 Å². The Kier molecular flexibility index (Phi) is 3.40. The van der Waals surface area contributed by atoms with E-state index in [0.717, 1.165) is 5.56 Å². The summed E-state index contributed by atoms with van der Waals surface area (Å²) in [5.74, 6) is 1.78. The molecule has 0 fully saturated rings. The SMILES string of the molecule is CC[C@@H](O)[C@@H](N)c1cc(OC)c2c(c1)OCO2. The third-order valence-corrected chi connectivity index (χ3v) is 2.90. The Morgan fingerprint density at radius 3 is 2.88 bits per heavy atom. The molecule has 2 rings (SSSR count). The average molecular weight is 239 g/mol. The van der Waals surface area contributed by atoms with Gasteiger partial charge in [0.05, 0.1) is 19.3 Å². The maximum atomic E-state index is 9.75. The number of aliphatic hydroxyl groups excluding tert-OH is 1. The van der Waals surface area contributed by atoms with E-state index < -0.39 is 12.1 Å². The van der Waals surface area contributed by atoms with Gasteiger partial charge < -0.3 is 25.1 Å². The predicted molar refractivity (Wildman–Crippen MR) is 62.3 cm³/mol. The number of hydrogen-bond donors (Lipinski definition) is 2. The molecule has 94 valence electrons. The highest BCUT2D eigenvalue weighted by Gasteiger charge is 2.24. The molecular formula is C12H17NO4. The molecule has 0 aliphatic carbocycles. The highest BCUT2D eigenvalue weighted by Crippen LogP contribution is 2.43. The van der Waals surface area contributed by atoms with Gasteiger partial charge >= 0.3 is 0 Å². The van der Waals surface area contributed by atoms with Crippen LogP contribution in [0.3, 0.4) is 0 Å². The minimum absolute atomic E-state index is 0.181. The third kappa shape index (κ3) is 2.16. The van der Waals surface area contributed by atoms with Crippen molar-refractivity contribution in [3.63, 3.8) is 0 Å². The Hall–Kier alpha value is -1.46. The first-order valence-corrected chi connectivity index (χ1v) is 5.58. The monoisotopic (exact) mass is 239 g/mol. The third-order valence-electron chi connectivity index (χ3n) is 2.90. The fraction of sp³-hybridized carbons (Fsp3) is 0.500. The van der Waals surface area contributed by atoms with Crippen molar-refractivity contribution in [2.75, 3.05) is 13.9 Å². The largest absolute Gasteiger partial charge is 0.493 e. The summed E-state index contributed by atoms with van der Waals surface area (Å²) < 4.78 is 15.8. The lowest BCUT2D eigenvalue weighted by Gasteiger charge is -2.18. The molecule has 17 heavy (non-hydrogen) atoms. The quantitative estimate of drug-likeness (QED) is 0.825. The molecule has 0 radical (unpaired) electrons. The van der Waals surface area contributed by atoms with E-state index in [1.807, 2.05) is 6.92 Å². The molecule has 1 aromatic rings. The molecule has 1 aromatic carbocycles. The molecule has 0 saturated heterocycles. The predicted octanol–water partition coefficient (Wildman–Crippen LogP) is 1.19. The number of benzene rings is 1. The van der Waals surface area contributed by atoms with Crippen LogP contribution in [0, 0.1) is 0 Å². The zero-order valence-electron chi connectivity index (χ0n) is 9.97. The summed E-state index contributed by atoms with van der Waals surface area (Å²) in [4.78, 5) is 0. The van der Waals surface area contributed by atoms with Crippen LogP contribution in [-0.2, 0) is 0 Å². The van der Waals surface area contributed by atoms with E-state index in [1.165, 1.54) is 0 Å². The van der Waals surface area contributed by atoms with Crippen LogP contribution in [-0.4, -0.2) is 25.1 Å². The van der Waals surface area contributed by atoms with Gasteiger partial charge in [-0.2, -0.15) is 0 Å². The molecule has 0 amide bonds. The normalized spacial score (nSPS) is 16.7. The minimum Gasteiger partial charge on any atom is -0.493 e. The van der Waals surface area contributed by atoms with Crippen molar-refractivity contribution >= 4 is 0 Å². The summed E-state index contributed by atoms with van der Waals surface area (Å²) >= 11 is 0. The lowest BCUT2D eigenvalue weighted by Crippen LogP contribution is -2.25. The lowest BCUT2D eigenvalue weighted by molar-refractivity contribution is 0.140. The summed E-state index contributed by atoms with van der Waals surface area (Å²) in [5.41, 5.74) is 6.74. The first kappa shape index (κ1) is 12.0. The Morgan fingerprint density at radius 2 is 2.24 bits per heavy atom. The molecule has 2 atom stereocenters. The summed E-state index contributed by atoms with van der Waals surface area (Å²) in [6.45, 7) is 2.06. The molecule has 1 aliphatic rings. The molecule has 5 nitrogen and oxygen atoms in total. The number of nitrogens with two attached hydrogens (primary N) is 1. The molecule has 0 bridgehead atoms. The van der Waals surface area contributed by atoms with E-state index in [-0.39, 0.29) is 6.79 Å². The molecule has 0 spiro atoms. The summed E-state index contributed by atoms with van der Waals surface area (Å²) in [7, 11) is 1.56. The van der Waals surface area contributed by atoms with Gasteiger partial charge in [-0.25, -0.2) is 0 Å². The maximum Gasteiger partial charge on any atom is 0.231 e. The number of ether oxygens (including phenoxy) is 3. The summed E-state index contributed by atoms with van der Waals surface area (Å²) in [6.07, 6.45) is 0.0119. The van der Waals surface area contributed by atoms with Gasteiger partial charge in [-0.1, -0.05) is 6.92 Å².